The average molecular weight is 385 g/mol. The van der Waals surface area contributed by atoms with E-state index in [1.54, 1.807) is 12.0 Å². The molecule has 4 aliphatic carbocycles. The number of allylic oxidation sites excluding steroid dienone is 1. The Morgan fingerprint density at radius 1 is 0.893 bits per heavy atom. The summed E-state index contributed by atoms with van der Waals surface area (Å²) in [6, 6.07) is 0. The standard InChI is InChI=1S/C28H48/c1-19(2)8-7-9-21(4)24-12-13-25-23-11-10-22-18-20(3)14-16-27(22,5)26(23)15-17-28(24,25)6/h19,21-26H,3,7-18H2,1-2,4-6H3/t21-,22+,23-,24+,25-,26-,27+,28+/m1/s1. The van der Waals surface area contributed by atoms with Gasteiger partial charge in [0.05, 0.1) is 0 Å². The summed E-state index contributed by atoms with van der Waals surface area (Å²) in [6.07, 6.45) is 17.6. The van der Waals surface area contributed by atoms with E-state index in [9.17, 15) is 0 Å². The van der Waals surface area contributed by atoms with Crippen LogP contribution in [0.3, 0.4) is 0 Å². The van der Waals surface area contributed by atoms with Crippen molar-refractivity contribution >= 4 is 0 Å². The van der Waals surface area contributed by atoms with Crippen molar-refractivity contribution in [3.8, 4) is 0 Å². The molecule has 0 aromatic heterocycles. The first-order chi connectivity index (χ1) is 13.3. The lowest BCUT2D eigenvalue weighted by Crippen LogP contribution is -2.53. The number of hydrogen-bond acceptors (Lipinski definition) is 0. The third kappa shape index (κ3) is 3.43. The highest BCUT2D eigenvalue weighted by molar-refractivity contribution is 5.13. The van der Waals surface area contributed by atoms with Crippen LogP contribution in [0.1, 0.15) is 112 Å². The summed E-state index contributed by atoms with van der Waals surface area (Å²) in [7, 11) is 0. The van der Waals surface area contributed by atoms with Crippen molar-refractivity contribution in [3.05, 3.63) is 12.2 Å². The van der Waals surface area contributed by atoms with Crippen molar-refractivity contribution in [2.75, 3.05) is 0 Å². The van der Waals surface area contributed by atoms with Gasteiger partial charge < -0.3 is 0 Å². The van der Waals surface area contributed by atoms with E-state index in [1.807, 2.05) is 0 Å². The molecule has 4 aliphatic rings. The predicted molar refractivity (Wildman–Crippen MR) is 122 cm³/mol. The van der Waals surface area contributed by atoms with E-state index in [0.717, 1.165) is 41.4 Å². The highest BCUT2D eigenvalue weighted by Gasteiger charge is 2.60. The Kier molecular flexibility index (Phi) is 5.83. The lowest BCUT2D eigenvalue weighted by Gasteiger charge is -2.61. The van der Waals surface area contributed by atoms with Crippen LogP contribution in [-0.2, 0) is 0 Å². The summed E-state index contributed by atoms with van der Waals surface area (Å²) in [4.78, 5) is 0. The second-order valence-corrected chi connectivity index (χ2v) is 12.6. The number of rotatable bonds is 5. The summed E-state index contributed by atoms with van der Waals surface area (Å²) >= 11 is 0. The van der Waals surface area contributed by atoms with Crippen LogP contribution in [0.4, 0.5) is 0 Å². The molecule has 0 aromatic carbocycles. The molecule has 0 saturated heterocycles. The quantitative estimate of drug-likeness (QED) is 0.416. The zero-order valence-corrected chi connectivity index (χ0v) is 19.7. The fraction of sp³-hybridized carbons (Fsp3) is 0.929. The largest absolute Gasteiger partial charge is 0.0999 e. The molecule has 0 heterocycles. The molecule has 4 fully saturated rings. The summed E-state index contributed by atoms with van der Waals surface area (Å²) in [5.74, 6) is 6.86. The summed E-state index contributed by atoms with van der Waals surface area (Å²) in [5.41, 5.74) is 2.84. The van der Waals surface area contributed by atoms with Gasteiger partial charge in [0.2, 0.25) is 0 Å². The molecule has 8 atom stereocenters. The first kappa shape index (κ1) is 21.0. The van der Waals surface area contributed by atoms with Crippen LogP contribution in [0.15, 0.2) is 12.2 Å². The lowest BCUT2D eigenvalue weighted by atomic mass is 9.44. The second-order valence-electron chi connectivity index (χ2n) is 12.6. The first-order valence-corrected chi connectivity index (χ1v) is 12.9. The van der Waals surface area contributed by atoms with E-state index >= 15 is 0 Å². The van der Waals surface area contributed by atoms with Gasteiger partial charge >= 0.3 is 0 Å². The van der Waals surface area contributed by atoms with Gasteiger partial charge in [-0.1, -0.05) is 66.0 Å². The van der Waals surface area contributed by atoms with Gasteiger partial charge in [-0.2, -0.15) is 0 Å². The maximum Gasteiger partial charge on any atom is -0.0260 e. The van der Waals surface area contributed by atoms with E-state index in [-0.39, 0.29) is 0 Å². The maximum absolute atomic E-state index is 4.37. The van der Waals surface area contributed by atoms with Crippen molar-refractivity contribution in [1.29, 1.82) is 0 Å². The Morgan fingerprint density at radius 2 is 1.64 bits per heavy atom. The van der Waals surface area contributed by atoms with Gasteiger partial charge in [-0.15, -0.1) is 0 Å². The topological polar surface area (TPSA) is 0 Å². The molecule has 160 valence electrons. The minimum absolute atomic E-state index is 0.631. The minimum atomic E-state index is 0.631. The molecule has 0 unspecified atom stereocenters. The fourth-order valence-corrected chi connectivity index (χ4v) is 9.18. The Hall–Kier alpha value is -0.260. The third-order valence-electron chi connectivity index (χ3n) is 10.8. The molecule has 28 heavy (non-hydrogen) atoms. The molecule has 0 nitrogen and oxygen atoms in total. The molecule has 0 aliphatic heterocycles. The highest BCUT2D eigenvalue weighted by atomic mass is 14.6. The molecule has 0 bridgehead atoms. The van der Waals surface area contributed by atoms with Crippen molar-refractivity contribution in [2.45, 2.75) is 112 Å². The van der Waals surface area contributed by atoms with E-state index in [2.05, 4.69) is 41.2 Å². The van der Waals surface area contributed by atoms with Crippen LogP contribution in [0, 0.1) is 52.3 Å². The molecule has 0 heteroatoms. The molecule has 0 spiro atoms. The predicted octanol–water partition coefficient (Wildman–Crippen LogP) is 8.66. The molecule has 4 saturated carbocycles. The van der Waals surface area contributed by atoms with Gasteiger partial charge in [-0.25, -0.2) is 0 Å². The van der Waals surface area contributed by atoms with E-state index in [0.29, 0.717) is 10.8 Å². The van der Waals surface area contributed by atoms with Gasteiger partial charge in [0.1, 0.15) is 0 Å². The molecule has 0 N–H and O–H groups in total. The van der Waals surface area contributed by atoms with Gasteiger partial charge in [0, 0.05) is 0 Å². The van der Waals surface area contributed by atoms with E-state index in [4.69, 9.17) is 0 Å². The van der Waals surface area contributed by atoms with Crippen molar-refractivity contribution in [3.63, 3.8) is 0 Å². The SMILES string of the molecule is C=C1CC[C@@]2(C)[C@@H](CC[C@H]3[C@H]2CC[C@]2(C)[C@@H]3CC[C@H]2[C@H](C)CCCC(C)C)C1. The van der Waals surface area contributed by atoms with Crippen LogP contribution < -0.4 is 0 Å². The zero-order chi connectivity index (χ0) is 20.1. The lowest BCUT2D eigenvalue weighted by molar-refractivity contribution is -0.109. The van der Waals surface area contributed by atoms with Crippen LogP contribution in [0.25, 0.3) is 0 Å². The summed E-state index contributed by atoms with van der Waals surface area (Å²) in [6.45, 7) is 17.2. The molecule has 4 rings (SSSR count). The second kappa shape index (κ2) is 7.77. The van der Waals surface area contributed by atoms with Gasteiger partial charge in [0.15, 0.2) is 0 Å². The molecule has 0 radical (unpaired) electrons. The summed E-state index contributed by atoms with van der Waals surface area (Å²) in [5, 5.41) is 0. The van der Waals surface area contributed by atoms with Crippen molar-refractivity contribution < 1.29 is 0 Å². The van der Waals surface area contributed by atoms with Gasteiger partial charge in [0.25, 0.3) is 0 Å². The van der Waals surface area contributed by atoms with Crippen LogP contribution in [-0.4, -0.2) is 0 Å². The Bertz CT molecular complexity index is 573. The molecular formula is C28H48. The monoisotopic (exact) mass is 384 g/mol. The minimum Gasteiger partial charge on any atom is -0.0999 e. The Balaban J connectivity index is 1.47. The first-order valence-electron chi connectivity index (χ1n) is 12.9. The molecule has 0 aromatic rings. The average Bonchev–Trinajstić information content (AvgIpc) is 2.99. The maximum atomic E-state index is 4.37. The van der Waals surface area contributed by atoms with Crippen LogP contribution in [0.5, 0.6) is 0 Å². The number of hydrogen-bond donors (Lipinski definition) is 0. The Labute approximate surface area is 176 Å². The number of fused-ring (bicyclic) bond motifs is 5. The summed E-state index contributed by atoms with van der Waals surface area (Å²) < 4.78 is 0. The zero-order valence-electron chi connectivity index (χ0n) is 19.7. The normalized spacial score (nSPS) is 46.8. The van der Waals surface area contributed by atoms with Crippen LogP contribution >= 0.6 is 0 Å². The fourth-order valence-electron chi connectivity index (χ4n) is 9.18. The smallest absolute Gasteiger partial charge is 0.0260 e. The van der Waals surface area contributed by atoms with Crippen molar-refractivity contribution in [2.24, 2.45) is 52.3 Å². The highest BCUT2D eigenvalue weighted by Crippen LogP contribution is 2.68. The van der Waals surface area contributed by atoms with E-state index < -0.39 is 0 Å². The van der Waals surface area contributed by atoms with E-state index in [1.165, 1.54) is 70.6 Å². The van der Waals surface area contributed by atoms with Gasteiger partial charge in [-0.05, 0) is 110 Å². The van der Waals surface area contributed by atoms with Crippen LogP contribution in [0.2, 0.25) is 0 Å². The van der Waals surface area contributed by atoms with Crippen molar-refractivity contribution in [1.82, 2.24) is 0 Å². The Morgan fingerprint density at radius 3 is 2.39 bits per heavy atom. The third-order valence-corrected chi connectivity index (χ3v) is 10.8. The van der Waals surface area contributed by atoms with Gasteiger partial charge in [-0.3, -0.25) is 0 Å². The molecular weight excluding hydrogens is 336 g/mol. The molecule has 0 amide bonds.